The zero-order valence-corrected chi connectivity index (χ0v) is 35.0. The Kier molecular flexibility index (Phi) is 14.9. The number of amides is 7. The number of anilines is 1. The van der Waals surface area contributed by atoms with Gasteiger partial charge in [-0.15, -0.1) is 0 Å². The fourth-order valence-electron chi connectivity index (χ4n) is 8.78. The molecule has 7 rings (SSSR count). The molecule has 3 N–H and O–H groups in total. The van der Waals surface area contributed by atoms with Crippen LogP contribution in [0.4, 0.5) is 5.69 Å². The van der Waals surface area contributed by atoms with Crippen molar-refractivity contribution in [3.05, 3.63) is 101 Å². The SMILES string of the molecule is O=C(/C=C/c1cccnc1)NCCCCC1CCN(C(=O)c2ccc(C3CCN(C(=O)CCOCCNc4cccc5c4C(=O)N(C4CCC(=O)NC4=O)C5=O)CC3)cc2)CC1. The average molecular weight is 846 g/mol. The fourth-order valence-corrected chi connectivity index (χ4v) is 8.78. The molecule has 0 spiro atoms. The maximum absolute atomic E-state index is 13.3. The quantitative estimate of drug-likeness (QED) is 0.0988. The first kappa shape index (κ1) is 43.9. The highest BCUT2D eigenvalue weighted by Crippen LogP contribution is 2.33. The van der Waals surface area contributed by atoms with E-state index in [1.54, 1.807) is 36.7 Å². The standard InChI is InChI=1S/C47H55N7O8/c55-40(15-9-33-6-4-22-48-31-33)50-23-2-1-5-32-17-25-53(26-18-32)45(59)36-12-10-34(11-13-36)35-19-27-52(28-20-35)42(57)21-29-62-30-24-49-38-8-3-7-37-43(38)47(61)54(46(37)60)39-14-16-41(56)51-44(39)58/h3-4,6-13,15,22,31-32,35,39,49H,1-2,5,14,16-21,23-30H2,(H,50,55)(H,51,56,58)/b15-9+. The summed E-state index contributed by atoms with van der Waals surface area (Å²) in [5.41, 5.74) is 3.61. The summed E-state index contributed by atoms with van der Waals surface area (Å²) >= 11 is 0. The zero-order valence-electron chi connectivity index (χ0n) is 35.0. The Morgan fingerprint density at radius 2 is 1.60 bits per heavy atom. The number of aromatic nitrogens is 1. The van der Waals surface area contributed by atoms with Crippen LogP contribution >= 0.6 is 0 Å². The highest BCUT2D eigenvalue weighted by atomic mass is 16.5. The summed E-state index contributed by atoms with van der Waals surface area (Å²) in [6, 6.07) is 15.6. The second-order valence-electron chi connectivity index (χ2n) is 16.4. The number of unbranched alkanes of at least 4 members (excludes halogenated alkanes) is 1. The summed E-state index contributed by atoms with van der Waals surface area (Å²) in [6.45, 7) is 4.31. The molecule has 62 heavy (non-hydrogen) atoms. The van der Waals surface area contributed by atoms with Crippen molar-refractivity contribution in [2.45, 2.75) is 76.2 Å². The normalized spacial score (nSPS) is 18.6. The van der Waals surface area contributed by atoms with E-state index in [0.29, 0.717) is 49.3 Å². The van der Waals surface area contributed by atoms with Gasteiger partial charge in [0, 0.05) is 75.4 Å². The van der Waals surface area contributed by atoms with Crippen LogP contribution in [-0.2, 0) is 23.9 Å². The summed E-state index contributed by atoms with van der Waals surface area (Å²) in [7, 11) is 0. The topological polar surface area (TPSA) is 187 Å². The summed E-state index contributed by atoms with van der Waals surface area (Å²) < 4.78 is 5.74. The molecule has 0 bridgehead atoms. The minimum absolute atomic E-state index is 0.0363. The number of rotatable bonds is 17. The molecule has 326 valence electrons. The molecule has 0 saturated carbocycles. The molecule has 4 aliphatic rings. The van der Waals surface area contributed by atoms with Crippen molar-refractivity contribution in [1.82, 2.24) is 30.3 Å². The molecule has 3 saturated heterocycles. The molecule has 15 heteroatoms. The zero-order chi connectivity index (χ0) is 43.4. The minimum Gasteiger partial charge on any atom is -0.382 e. The first-order valence-electron chi connectivity index (χ1n) is 21.9. The molecule has 0 radical (unpaired) electrons. The van der Waals surface area contributed by atoms with E-state index in [2.05, 4.69) is 33.1 Å². The second kappa shape index (κ2) is 21.0. The maximum Gasteiger partial charge on any atom is 0.264 e. The van der Waals surface area contributed by atoms with Gasteiger partial charge >= 0.3 is 0 Å². The van der Waals surface area contributed by atoms with Crippen LogP contribution in [0.15, 0.2) is 73.1 Å². The highest BCUT2D eigenvalue weighted by molar-refractivity contribution is 6.25. The van der Waals surface area contributed by atoms with Crippen LogP contribution in [0.3, 0.4) is 0 Å². The van der Waals surface area contributed by atoms with Gasteiger partial charge in [0.15, 0.2) is 0 Å². The fraction of sp³-hybridized carbons (Fsp3) is 0.447. The van der Waals surface area contributed by atoms with E-state index < -0.39 is 29.7 Å². The largest absolute Gasteiger partial charge is 0.382 e. The van der Waals surface area contributed by atoms with Gasteiger partial charge in [0.05, 0.1) is 30.8 Å². The summed E-state index contributed by atoms with van der Waals surface area (Å²) in [5, 5.41) is 8.30. The molecule has 3 aromatic rings. The molecule has 5 heterocycles. The number of nitrogens with one attached hydrogen (secondary N) is 3. The highest BCUT2D eigenvalue weighted by Gasteiger charge is 2.45. The molecule has 2 aromatic carbocycles. The first-order chi connectivity index (χ1) is 30.2. The van der Waals surface area contributed by atoms with Gasteiger partial charge < -0.3 is 25.2 Å². The van der Waals surface area contributed by atoms with Gasteiger partial charge in [-0.3, -0.25) is 48.8 Å². The molecule has 0 aliphatic carbocycles. The predicted molar refractivity (Wildman–Crippen MR) is 231 cm³/mol. The molecular formula is C47H55N7O8. The van der Waals surface area contributed by atoms with Crippen LogP contribution in [0.2, 0.25) is 0 Å². The molecule has 15 nitrogen and oxygen atoms in total. The Labute approximate surface area is 361 Å². The van der Waals surface area contributed by atoms with E-state index in [1.807, 2.05) is 34.1 Å². The van der Waals surface area contributed by atoms with Crippen LogP contribution in [0.1, 0.15) is 112 Å². The number of benzene rings is 2. The van der Waals surface area contributed by atoms with Gasteiger partial charge in [-0.1, -0.05) is 37.1 Å². The minimum atomic E-state index is -1.03. The smallest absolute Gasteiger partial charge is 0.264 e. The van der Waals surface area contributed by atoms with Gasteiger partial charge in [0.1, 0.15) is 6.04 Å². The van der Waals surface area contributed by atoms with E-state index in [0.717, 1.165) is 68.5 Å². The van der Waals surface area contributed by atoms with E-state index in [4.69, 9.17) is 4.74 Å². The average Bonchev–Trinajstić information content (AvgIpc) is 3.55. The lowest BCUT2D eigenvalue weighted by atomic mass is 9.88. The van der Waals surface area contributed by atoms with Crippen molar-refractivity contribution in [1.29, 1.82) is 0 Å². The Hall–Kier alpha value is -6.22. The number of carbonyl (C=O) groups is 7. The number of ether oxygens (including phenoxy) is 1. The molecule has 4 aliphatic heterocycles. The van der Waals surface area contributed by atoms with Crippen LogP contribution in [0, 0.1) is 5.92 Å². The van der Waals surface area contributed by atoms with Crippen molar-refractivity contribution >= 4 is 53.1 Å². The van der Waals surface area contributed by atoms with Gasteiger partial charge in [-0.2, -0.15) is 0 Å². The molecule has 1 atom stereocenters. The van der Waals surface area contributed by atoms with Crippen LogP contribution in [-0.4, -0.2) is 120 Å². The Morgan fingerprint density at radius 1 is 0.823 bits per heavy atom. The number of carbonyl (C=O) groups excluding carboxylic acids is 7. The van der Waals surface area contributed by atoms with E-state index in [9.17, 15) is 33.6 Å². The van der Waals surface area contributed by atoms with Gasteiger partial charge in [0.25, 0.3) is 17.7 Å². The van der Waals surface area contributed by atoms with Crippen LogP contribution in [0.5, 0.6) is 0 Å². The molecule has 3 fully saturated rings. The summed E-state index contributed by atoms with van der Waals surface area (Å²) in [5.74, 6) is -1.32. The monoisotopic (exact) mass is 845 g/mol. The van der Waals surface area contributed by atoms with Crippen LogP contribution < -0.4 is 16.0 Å². The predicted octanol–water partition coefficient (Wildman–Crippen LogP) is 4.56. The molecule has 7 amide bonds. The van der Waals surface area contributed by atoms with Gasteiger partial charge in [0.2, 0.25) is 23.6 Å². The summed E-state index contributed by atoms with van der Waals surface area (Å²) in [6.07, 6.45) is 13.8. The lowest BCUT2D eigenvalue weighted by Crippen LogP contribution is -2.54. The number of pyridine rings is 1. The van der Waals surface area contributed by atoms with Gasteiger partial charge in [-0.25, -0.2) is 0 Å². The number of imide groups is 2. The Morgan fingerprint density at radius 3 is 2.34 bits per heavy atom. The first-order valence-corrected chi connectivity index (χ1v) is 21.9. The van der Waals surface area contributed by atoms with Crippen molar-refractivity contribution in [3.8, 4) is 0 Å². The number of fused-ring (bicyclic) bond motifs is 1. The third-order valence-electron chi connectivity index (χ3n) is 12.3. The maximum atomic E-state index is 13.3. The van der Waals surface area contributed by atoms with Crippen molar-refractivity contribution < 1.29 is 38.3 Å². The molecule has 1 aromatic heterocycles. The van der Waals surface area contributed by atoms with Crippen molar-refractivity contribution in [3.63, 3.8) is 0 Å². The number of piperidine rings is 3. The van der Waals surface area contributed by atoms with Crippen molar-refractivity contribution in [2.24, 2.45) is 5.92 Å². The van der Waals surface area contributed by atoms with E-state index in [1.165, 1.54) is 11.6 Å². The summed E-state index contributed by atoms with van der Waals surface area (Å²) in [4.78, 5) is 97.6. The molecular weight excluding hydrogens is 791 g/mol. The van der Waals surface area contributed by atoms with Crippen molar-refractivity contribution in [2.75, 3.05) is 57.8 Å². The van der Waals surface area contributed by atoms with Crippen LogP contribution in [0.25, 0.3) is 6.08 Å². The number of likely N-dealkylation sites (tertiary alicyclic amines) is 2. The number of hydrogen-bond acceptors (Lipinski definition) is 10. The van der Waals surface area contributed by atoms with E-state index >= 15 is 0 Å². The van der Waals surface area contributed by atoms with Gasteiger partial charge in [-0.05, 0) is 97.9 Å². The lowest BCUT2D eigenvalue weighted by Gasteiger charge is -2.33. The Bertz CT molecular complexity index is 2140. The number of hydrogen-bond donors (Lipinski definition) is 3. The second-order valence-corrected chi connectivity index (χ2v) is 16.4. The lowest BCUT2D eigenvalue weighted by molar-refractivity contribution is -0.136. The third-order valence-corrected chi connectivity index (χ3v) is 12.3. The molecule has 1 unspecified atom stereocenters. The third kappa shape index (κ3) is 11.0. The Balaban J connectivity index is 0.747. The van der Waals surface area contributed by atoms with E-state index in [-0.39, 0.29) is 61.3 Å². The number of nitrogens with zero attached hydrogens (tertiary/aromatic N) is 4.